The Hall–Kier alpha value is -2.33. The zero-order chi connectivity index (χ0) is 13.2. The molecule has 3 aromatic rings. The van der Waals surface area contributed by atoms with Gasteiger partial charge in [-0.15, -0.1) is 10.2 Å². The van der Waals surface area contributed by atoms with E-state index in [2.05, 4.69) is 15.2 Å². The number of H-pyrrole nitrogens is 1. The number of hydrogen-bond donors (Lipinski definition) is 2. The van der Waals surface area contributed by atoms with Crippen molar-refractivity contribution in [2.75, 3.05) is 0 Å². The van der Waals surface area contributed by atoms with E-state index < -0.39 is 0 Å². The number of halogens is 1. The molecular weight excluding hydrogens is 262 g/mol. The van der Waals surface area contributed by atoms with Crippen LogP contribution in [0.3, 0.4) is 0 Å². The van der Waals surface area contributed by atoms with Crippen LogP contribution < -0.4 is 0 Å². The number of fused-ring (bicyclic) bond motifs is 1. The Labute approximate surface area is 114 Å². The van der Waals surface area contributed by atoms with E-state index in [4.69, 9.17) is 11.6 Å². The monoisotopic (exact) mass is 271 g/mol. The molecule has 0 saturated heterocycles. The molecule has 0 amide bonds. The van der Waals surface area contributed by atoms with Gasteiger partial charge in [0.25, 0.3) is 0 Å². The molecule has 3 rings (SSSR count). The predicted molar refractivity (Wildman–Crippen MR) is 75.6 cm³/mol. The zero-order valence-electron chi connectivity index (χ0n) is 9.84. The summed E-state index contributed by atoms with van der Waals surface area (Å²) >= 11 is 6.00. The number of rotatable bonds is 2. The van der Waals surface area contributed by atoms with Gasteiger partial charge >= 0.3 is 0 Å². The van der Waals surface area contributed by atoms with Crippen LogP contribution in [0.5, 0.6) is 5.88 Å². The molecule has 0 aliphatic carbocycles. The average molecular weight is 272 g/mol. The third-order valence-corrected chi connectivity index (χ3v) is 3.09. The Morgan fingerprint density at radius 3 is 2.53 bits per heavy atom. The van der Waals surface area contributed by atoms with Crippen molar-refractivity contribution in [3.63, 3.8) is 0 Å². The third kappa shape index (κ3) is 2.18. The topological polar surface area (TPSA) is 60.7 Å². The summed E-state index contributed by atoms with van der Waals surface area (Å²) in [6.45, 7) is 0. The molecule has 1 aromatic heterocycles. The largest absolute Gasteiger partial charge is 0.493 e. The molecule has 1 heterocycles. The van der Waals surface area contributed by atoms with Gasteiger partial charge in [0.1, 0.15) is 5.69 Å². The lowest BCUT2D eigenvalue weighted by Crippen LogP contribution is -1.66. The van der Waals surface area contributed by atoms with Crippen LogP contribution in [0.2, 0.25) is 5.02 Å². The van der Waals surface area contributed by atoms with Crippen LogP contribution in [0, 0.1) is 0 Å². The molecule has 2 aromatic carbocycles. The van der Waals surface area contributed by atoms with E-state index in [-0.39, 0.29) is 5.88 Å². The Balaban J connectivity index is 2.06. The Bertz CT molecular complexity index is 764. The van der Waals surface area contributed by atoms with Gasteiger partial charge in [0.15, 0.2) is 5.69 Å². The van der Waals surface area contributed by atoms with Gasteiger partial charge in [0.2, 0.25) is 5.88 Å². The molecule has 0 spiro atoms. The van der Waals surface area contributed by atoms with Gasteiger partial charge < -0.3 is 10.1 Å². The summed E-state index contributed by atoms with van der Waals surface area (Å²) < 4.78 is 0. The molecule has 0 aliphatic rings. The van der Waals surface area contributed by atoms with Crippen LogP contribution in [0.25, 0.3) is 10.9 Å². The van der Waals surface area contributed by atoms with Gasteiger partial charge in [-0.3, -0.25) is 0 Å². The minimum absolute atomic E-state index is 0.00277. The summed E-state index contributed by atoms with van der Waals surface area (Å²) in [5.41, 5.74) is 1.79. The number of benzene rings is 2. The molecule has 0 saturated carbocycles. The lowest BCUT2D eigenvalue weighted by molar-refractivity contribution is 0.459. The summed E-state index contributed by atoms with van der Waals surface area (Å²) in [6.07, 6.45) is 0. The van der Waals surface area contributed by atoms with Crippen molar-refractivity contribution in [1.82, 2.24) is 4.98 Å². The fourth-order valence-corrected chi connectivity index (χ4v) is 2.02. The molecular formula is C14H10ClN3O. The number of aromatic hydroxyl groups is 1. The van der Waals surface area contributed by atoms with Crippen LogP contribution in [-0.4, -0.2) is 10.1 Å². The smallest absolute Gasteiger partial charge is 0.218 e. The third-order valence-electron chi connectivity index (χ3n) is 2.77. The summed E-state index contributed by atoms with van der Waals surface area (Å²) in [5, 5.41) is 19.3. The molecule has 2 N–H and O–H groups in total. The van der Waals surface area contributed by atoms with Gasteiger partial charge in [-0.2, -0.15) is 0 Å². The van der Waals surface area contributed by atoms with E-state index in [1.807, 2.05) is 36.4 Å². The Morgan fingerprint density at radius 2 is 1.68 bits per heavy atom. The van der Waals surface area contributed by atoms with Gasteiger partial charge in [-0.05, 0) is 18.2 Å². The van der Waals surface area contributed by atoms with Crippen molar-refractivity contribution in [1.29, 1.82) is 0 Å². The standard InChI is InChI=1S/C14H10ClN3O/c15-10-6-2-4-8-12(10)17-18-13-9-5-1-3-7-11(9)16-14(13)19/h1-8,16,19H/b18-17+. The van der Waals surface area contributed by atoms with Gasteiger partial charge in [0, 0.05) is 5.39 Å². The van der Waals surface area contributed by atoms with E-state index in [0.717, 1.165) is 10.9 Å². The number of hydrogen-bond acceptors (Lipinski definition) is 3. The summed E-state index contributed by atoms with van der Waals surface area (Å²) in [4.78, 5) is 2.85. The Kier molecular flexibility index (Phi) is 2.93. The van der Waals surface area contributed by atoms with E-state index in [9.17, 15) is 5.11 Å². The maximum atomic E-state index is 9.84. The molecule has 0 unspecified atom stereocenters. The predicted octanol–water partition coefficient (Wildman–Crippen LogP) is 4.94. The average Bonchev–Trinajstić information content (AvgIpc) is 2.74. The number of aromatic nitrogens is 1. The highest BCUT2D eigenvalue weighted by Crippen LogP contribution is 2.36. The number of nitrogens with one attached hydrogen (secondary N) is 1. The fraction of sp³-hybridized carbons (Fsp3) is 0. The minimum atomic E-state index is -0.00277. The Morgan fingerprint density at radius 1 is 0.947 bits per heavy atom. The first-order valence-electron chi connectivity index (χ1n) is 5.71. The molecule has 0 atom stereocenters. The minimum Gasteiger partial charge on any atom is -0.493 e. The van der Waals surface area contributed by atoms with Crippen molar-refractivity contribution in [3.05, 3.63) is 53.6 Å². The molecule has 4 nitrogen and oxygen atoms in total. The van der Waals surface area contributed by atoms with E-state index >= 15 is 0 Å². The summed E-state index contributed by atoms with van der Waals surface area (Å²) in [6, 6.07) is 14.6. The second-order valence-corrected chi connectivity index (χ2v) is 4.43. The van der Waals surface area contributed by atoms with Crippen molar-refractivity contribution in [2.45, 2.75) is 0 Å². The first-order valence-corrected chi connectivity index (χ1v) is 6.09. The highest BCUT2D eigenvalue weighted by Gasteiger charge is 2.09. The zero-order valence-corrected chi connectivity index (χ0v) is 10.6. The number of nitrogens with zero attached hydrogens (tertiary/aromatic N) is 2. The first-order chi connectivity index (χ1) is 9.25. The highest BCUT2D eigenvalue weighted by molar-refractivity contribution is 6.32. The van der Waals surface area contributed by atoms with Crippen LogP contribution in [-0.2, 0) is 0 Å². The SMILES string of the molecule is Oc1[nH]c2ccccc2c1/N=N/c1ccccc1Cl. The molecule has 94 valence electrons. The second-order valence-electron chi connectivity index (χ2n) is 4.02. The van der Waals surface area contributed by atoms with Gasteiger partial charge in [-0.25, -0.2) is 0 Å². The van der Waals surface area contributed by atoms with Crippen LogP contribution in [0.1, 0.15) is 0 Å². The van der Waals surface area contributed by atoms with Crippen molar-refractivity contribution in [3.8, 4) is 5.88 Å². The normalized spacial score (nSPS) is 11.4. The maximum Gasteiger partial charge on any atom is 0.218 e. The molecule has 0 radical (unpaired) electrons. The molecule has 0 bridgehead atoms. The number of para-hydroxylation sites is 1. The van der Waals surface area contributed by atoms with Crippen molar-refractivity contribution >= 4 is 33.9 Å². The maximum absolute atomic E-state index is 9.84. The lowest BCUT2D eigenvalue weighted by Gasteiger charge is -1.95. The lowest BCUT2D eigenvalue weighted by atomic mass is 10.2. The quantitative estimate of drug-likeness (QED) is 0.637. The van der Waals surface area contributed by atoms with E-state index in [0.29, 0.717) is 16.4 Å². The number of aromatic amines is 1. The molecule has 19 heavy (non-hydrogen) atoms. The van der Waals surface area contributed by atoms with Crippen LogP contribution >= 0.6 is 11.6 Å². The van der Waals surface area contributed by atoms with Crippen molar-refractivity contribution < 1.29 is 5.11 Å². The highest BCUT2D eigenvalue weighted by atomic mass is 35.5. The van der Waals surface area contributed by atoms with Crippen LogP contribution in [0.4, 0.5) is 11.4 Å². The van der Waals surface area contributed by atoms with Gasteiger partial charge in [-0.1, -0.05) is 41.9 Å². The summed E-state index contributed by atoms with van der Waals surface area (Å²) in [5.74, 6) is -0.00277. The van der Waals surface area contributed by atoms with Gasteiger partial charge in [0.05, 0.1) is 10.5 Å². The summed E-state index contributed by atoms with van der Waals surface area (Å²) in [7, 11) is 0. The second kappa shape index (κ2) is 4.74. The van der Waals surface area contributed by atoms with E-state index in [1.54, 1.807) is 12.1 Å². The molecule has 5 heteroatoms. The molecule has 0 fully saturated rings. The number of azo groups is 1. The van der Waals surface area contributed by atoms with E-state index in [1.165, 1.54) is 0 Å². The fourth-order valence-electron chi connectivity index (χ4n) is 1.85. The van der Waals surface area contributed by atoms with Crippen LogP contribution in [0.15, 0.2) is 58.8 Å². The molecule has 0 aliphatic heterocycles. The first kappa shape index (κ1) is 11.7. The van der Waals surface area contributed by atoms with Crippen molar-refractivity contribution in [2.24, 2.45) is 10.2 Å².